The smallest absolute Gasteiger partial charge is 0.0437 e. The van der Waals surface area contributed by atoms with Gasteiger partial charge in [-0.05, 0) is 6.92 Å². The van der Waals surface area contributed by atoms with Crippen molar-refractivity contribution in [3.8, 4) is 0 Å². The Morgan fingerprint density at radius 2 is 2.50 bits per heavy atom. The van der Waals surface area contributed by atoms with Gasteiger partial charge in [0, 0.05) is 0 Å². The van der Waals surface area contributed by atoms with Crippen molar-refractivity contribution in [3.05, 3.63) is 30.7 Å². The molecule has 1 aliphatic rings. The van der Waals surface area contributed by atoms with Gasteiger partial charge in [0.05, 0.1) is 0 Å². The van der Waals surface area contributed by atoms with Crippen molar-refractivity contribution in [1.29, 1.82) is 0 Å². The first-order valence-corrected chi connectivity index (χ1v) is 2.96. The molecule has 0 nitrogen and oxygen atoms in total. The molecule has 0 fully saturated rings. The van der Waals surface area contributed by atoms with Crippen LogP contribution in [0.2, 0.25) is 0 Å². The van der Waals surface area contributed by atoms with Crippen LogP contribution in [-0.4, -0.2) is 0 Å². The Balaban J connectivity index is 2.59. The van der Waals surface area contributed by atoms with E-state index in [4.69, 9.17) is 0 Å². The van der Waals surface area contributed by atoms with Crippen LogP contribution < -0.4 is 0 Å². The topological polar surface area (TPSA) is 0 Å². The highest BCUT2D eigenvalue weighted by Gasteiger charge is 1.94. The summed E-state index contributed by atoms with van der Waals surface area (Å²) in [4.78, 5) is 0. The van der Waals surface area contributed by atoms with Gasteiger partial charge in [-0.2, -0.15) is 0 Å². The quantitative estimate of drug-likeness (QED) is 0.417. The molecular weight excluding hydrogens is 96.1 g/mol. The Morgan fingerprint density at radius 1 is 1.75 bits per heavy atom. The summed E-state index contributed by atoms with van der Waals surface area (Å²) >= 11 is 0. The lowest BCUT2D eigenvalue weighted by atomic mass is 9.97. The third-order valence-electron chi connectivity index (χ3n) is 1.35. The first-order chi connectivity index (χ1) is 3.79. The van der Waals surface area contributed by atoms with Gasteiger partial charge in [-0.15, -0.1) is 12.0 Å². The lowest BCUT2D eigenvalue weighted by molar-refractivity contribution is 0.779. The zero-order valence-electron chi connectivity index (χ0n) is 5.22. The second-order valence-electron chi connectivity index (χ2n) is 2.36. The summed E-state index contributed by atoms with van der Waals surface area (Å²) in [6, 6.07) is 0. The van der Waals surface area contributed by atoms with Crippen LogP contribution >= 0.6 is 0 Å². The van der Waals surface area contributed by atoms with Crippen LogP contribution in [0.4, 0.5) is 0 Å². The summed E-state index contributed by atoms with van der Waals surface area (Å²) in [5.41, 5.74) is 1.44. The molecule has 1 rings (SSSR count). The highest BCUT2D eigenvalue weighted by Crippen LogP contribution is 2.15. The van der Waals surface area contributed by atoms with Gasteiger partial charge in [0.2, 0.25) is 0 Å². The highest BCUT2D eigenvalue weighted by molar-refractivity contribution is 5.18. The van der Waals surface area contributed by atoms with Crippen LogP contribution in [0.1, 0.15) is 13.3 Å². The van der Waals surface area contributed by atoms with Gasteiger partial charge >= 0.3 is 0 Å². The fourth-order valence-corrected chi connectivity index (χ4v) is 0.927. The molecule has 8 heavy (non-hydrogen) atoms. The van der Waals surface area contributed by atoms with E-state index in [0.29, 0.717) is 5.92 Å². The molecule has 0 spiro atoms. The van der Waals surface area contributed by atoms with Crippen molar-refractivity contribution in [3.63, 3.8) is 0 Å². The Labute approximate surface area is 50.9 Å². The summed E-state index contributed by atoms with van der Waals surface area (Å²) in [6.07, 6.45) is 7.49. The molecule has 0 heterocycles. The van der Waals surface area contributed by atoms with Gasteiger partial charge in [0.15, 0.2) is 0 Å². The molecule has 0 N–H and O–H groups in total. The van der Waals surface area contributed by atoms with E-state index in [1.165, 1.54) is 5.57 Å². The summed E-state index contributed by atoms with van der Waals surface area (Å²) in [5, 5.41) is 0. The average molecular weight is 107 g/mol. The maximum Gasteiger partial charge on any atom is -0.0437 e. The lowest BCUT2D eigenvalue weighted by Crippen LogP contribution is -1.93. The number of allylic oxidation sites excluding steroid dienone is 4. The van der Waals surface area contributed by atoms with Crippen LogP contribution in [0.5, 0.6) is 0 Å². The van der Waals surface area contributed by atoms with E-state index in [1.54, 1.807) is 0 Å². The van der Waals surface area contributed by atoms with Crippen LogP contribution in [0, 0.1) is 12.8 Å². The van der Waals surface area contributed by atoms with E-state index in [2.05, 4.69) is 32.1 Å². The Bertz CT molecular complexity index is 129. The second-order valence-corrected chi connectivity index (χ2v) is 2.36. The predicted octanol–water partition coefficient (Wildman–Crippen LogP) is 2.34. The molecule has 0 aromatic heterocycles. The van der Waals surface area contributed by atoms with E-state index in [0.717, 1.165) is 6.42 Å². The second kappa shape index (κ2) is 2.17. The minimum Gasteiger partial charge on any atom is -0.336 e. The number of hydrogen-bond donors (Lipinski definition) is 0. The Morgan fingerprint density at radius 3 is 2.88 bits per heavy atom. The fourth-order valence-electron chi connectivity index (χ4n) is 0.927. The summed E-state index contributed by atoms with van der Waals surface area (Å²) < 4.78 is 0. The van der Waals surface area contributed by atoms with Crippen molar-refractivity contribution in [1.82, 2.24) is 0 Å². The minimum absolute atomic E-state index is 0.514. The molecular formula is C8H11-. The fraction of sp³-hybridized carbons (Fsp3) is 0.375. The molecule has 44 valence electrons. The molecule has 0 aromatic rings. The summed E-state index contributed by atoms with van der Waals surface area (Å²) in [5.74, 6) is 0.514. The van der Waals surface area contributed by atoms with Gasteiger partial charge in [-0.3, -0.25) is 0 Å². The van der Waals surface area contributed by atoms with Gasteiger partial charge in [-0.25, -0.2) is 0 Å². The normalized spacial score (nSPS) is 27.8. The average Bonchev–Trinajstić information content (AvgIpc) is 1.64. The van der Waals surface area contributed by atoms with E-state index in [-0.39, 0.29) is 0 Å². The van der Waals surface area contributed by atoms with Gasteiger partial charge < -0.3 is 6.92 Å². The first-order valence-electron chi connectivity index (χ1n) is 2.96. The maximum atomic E-state index is 3.92. The van der Waals surface area contributed by atoms with Gasteiger partial charge in [-0.1, -0.05) is 24.1 Å². The highest BCUT2D eigenvalue weighted by atomic mass is 14.1. The molecule has 1 atom stereocenters. The van der Waals surface area contributed by atoms with Crippen molar-refractivity contribution in [2.75, 3.05) is 0 Å². The molecule has 1 unspecified atom stereocenters. The molecule has 0 saturated heterocycles. The molecule has 0 radical (unpaired) electrons. The van der Waals surface area contributed by atoms with Crippen LogP contribution in [0.15, 0.2) is 23.8 Å². The third-order valence-corrected chi connectivity index (χ3v) is 1.35. The molecule has 0 aromatic carbocycles. The Hall–Kier alpha value is -0.520. The van der Waals surface area contributed by atoms with Crippen molar-refractivity contribution in [2.24, 2.45) is 5.92 Å². The monoisotopic (exact) mass is 107 g/mol. The number of hydrogen-bond acceptors (Lipinski definition) is 0. The summed E-state index contributed by atoms with van der Waals surface area (Å²) in [6.45, 7) is 6.06. The van der Waals surface area contributed by atoms with E-state index < -0.39 is 0 Å². The maximum absolute atomic E-state index is 3.92. The van der Waals surface area contributed by atoms with Crippen LogP contribution in [0.3, 0.4) is 0 Å². The zero-order valence-corrected chi connectivity index (χ0v) is 5.22. The lowest BCUT2D eigenvalue weighted by Gasteiger charge is -2.15. The summed E-state index contributed by atoms with van der Waals surface area (Å²) in [7, 11) is 0. The zero-order chi connectivity index (χ0) is 5.98. The molecule has 0 heteroatoms. The largest absolute Gasteiger partial charge is 0.336 e. The minimum atomic E-state index is 0.514. The third kappa shape index (κ3) is 1.22. The van der Waals surface area contributed by atoms with Crippen LogP contribution in [0.25, 0.3) is 0 Å². The van der Waals surface area contributed by atoms with E-state index >= 15 is 0 Å². The molecule has 0 saturated carbocycles. The molecule has 0 aliphatic heterocycles. The van der Waals surface area contributed by atoms with E-state index in [9.17, 15) is 0 Å². The van der Waals surface area contributed by atoms with E-state index in [1.807, 2.05) is 0 Å². The Kier molecular flexibility index (Phi) is 1.52. The standard InChI is InChI=1S/C8H11/c1-7-4-3-5-8(2)6-7/h3-5,7H,1,6H2,2H3/q-1. The predicted molar refractivity (Wildman–Crippen MR) is 36.4 cm³/mol. The first kappa shape index (κ1) is 5.61. The van der Waals surface area contributed by atoms with Gasteiger partial charge in [0.1, 0.15) is 0 Å². The molecule has 0 amide bonds. The van der Waals surface area contributed by atoms with Crippen molar-refractivity contribution in [2.45, 2.75) is 13.3 Å². The molecule has 0 bridgehead atoms. The van der Waals surface area contributed by atoms with Crippen LogP contribution in [-0.2, 0) is 0 Å². The SMILES string of the molecule is [CH2-]C1C=CC=C(C)C1. The molecule has 1 aliphatic carbocycles. The van der Waals surface area contributed by atoms with Crippen molar-refractivity contribution >= 4 is 0 Å². The van der Waals surface area contributed by atoms with Gasteiger partial charge in [0.25, 0.3) is 0 Å². The number of rotatable bonds is 0. The van der Waals surface area contributed by atoms with Crippen molar-refractivity contribution < 1.29 is 0 Å².